The lowest BCUT2D eigenvalue weighted by atomic mass is 9.87. The highest BCUT2D eigenvalue weighted by Gasteiger charge is 2.32. The number of hydrogen-bond donors (Lipinski definition) is 0. The summed E-state index contributed by atoms with van der Waals surface area (Å²) in [6.07, 6.45) is -4.45. The lowest BCUT2D eigenvalue weighted by Gasteiger charge is -2.26. The molecular weight excluding hydrogens is 690 g/mol. The number of nitrogens with zero attached hydrogens (tertiary/aromatic N) is 2. The molecule has 0 bridgehead atoms. The molecule has 7 aromatic rings. The number of benzene rings is 5. The van der Waals surface area contributed by atoms with Crippen molar-refractivity contribution in [2.75, 3.05) is 9.80 Å². The van der Waals surface area contributed by atoms with Crippen LogP contribution in [0.4, 0.5) is 45.9 Å². The largest absolute Gasteiger partial charge is 0.416 e. The second-order valence-electron chi connectivity index (χ2n) is 14.4. The number of anilines is 6. The molecular formula is C45H41F3N2S2. The fourth-order valence-electron chi connectivity index (χ4n) is 6.61. The average Bonchev–Trinajstić information content (AvgIpc) is 3.58. The van der Waals surface area contributed by atoms with Gasteiger partial charge in [-0.2, -0.15) is 13.2 Å². The standard InChI is InChI=1S/C45H41F3N2S2/c1-28-30(3)42(49(36-17-9-8-10-18-36)38-19-13-16-35(27-38)45(46,47)48)51-40(28)41-29(2)31(4)43(52-41)50(37-24-21-34(22-25-37)44(5,6)7)39-23-20-32-14-11-12-15-33(32)26-39/h8-27H,1-7H3. The second-order valence-corrected chi connectivity index (χ2v) is 16.4. The Morgan fingerprint density at radius 1 is 0.442 bits per heavy atom. The van der Waals surface area contributed by atoms with Crippen molar-refractivity contribution in [3.8, 4) is 9.75 Å². The zero-order chi connectivity index (χ0) is 36.9. The van der Waals surface area contributed by atoms with E-state index >= 15 is 0 Å². The highest BCUT2D eigenvalue weighted by Crippen LogP contribution is 2.53. The summed E-state index contributed by atoms with van der Waals surface area (Å²) in [6, 6.07) is 39.2. The van der Waals surface area contributed by atoms with E-state index in [1.165, 1.54) is 44.5 Å². The van der Waals surface area contributed by atoms with E-state index in [2.05, 4.69) is 120 Å². The smallest absolute Gasteiger partial charge is 0.302 e. The Labute approximate surface area is 312 Å². The first-order valence-corrected chi connectivity index (χ1v) is 19.0. The number of hydrogen-bond acceptors (Lipinski definition) is 4. The molecule has 2 aromatic heterocycles. The van der Waals surface area contributed by atoms with E-state index in [0.29, 0.717) is 5.69 Å². The van der Waals surface area contributed by atoms with Crippen LogP contribution in [-0.2, 0) is 11.6 Å². The third-order valence-electron chi connectivity index (χ3n) is 9.89. The summed E-state index contributed by atoms with van der Waals surface area (Å²) >= 11 is 3.40. The molecule has 0 atom stereocenters. The van der Waals surface area contributed by atoms with Crippen molar-refractivity contribution in [2.45, 2.75) is 60.1 Å². The number of para-hydroxylation sites is 1. The van der Waals surface area contributed by atoms with Gasteiger partial charge in [-0.05, 0) is 126 Å². The van der Waals surface area contributed by atoms with Gasteiger partial charge in [0.25, 0.3) is 0 Å². The molecule has 2 nitrogen and oxygen atoms in total. The summed E-state index contributed by atoms with van der Waals surface area (Å²) in [5, 5.41) is 4.40. The highest BCUT2D eigenvalue weighted by molar-refractivity contribution is 7.26. The number of fused-ring (bicyclic) bond motifs is 1. The van der Waals surface area contributed by atoms with E-state index in [9.17, 15) is 13.2 Å². The molecule has 7 heteroatoms. The lowest BCUT2D eigenvalue weighted by Crippen LogP contribution is -2.13. The summed E-state index contributed by atoms with van der Waals surface area (Å²) in [5.74, 6) is 0. The number of thiophene rings is 2. The Morgan fingerprint density at radius 2 is 0.923 bits per heavy atom. The minimum atomic E-state index is -4.45. The Hall–Kier alpha value is -4.85. The lowest BCUT2D eigenvalue weighted by molar-refractivity contribution is -0.137. The van der Waals surface area contributed by atoms with Crippen LogP contribution in [0.2, 0.25) is 0 Å². The van der Waals surface area contributed by atoms with E-state index in [0.717, 1.165) is 49.1 Å². The quantitative estimate of drug-likeness (QED) is 0.161. The van der Waals surface area contributed by atoms with Gasteiger partial charge in [0, 0.05) is 32.5 Å². The Balaban J connectivity index is 1.39. The molecule has 0 saturated carbocycles. The van der Waals surface area contributed by atoms with Crippen LogP contribution in [0.25, 0.3) is 20.5 Å². The van der Waals surface area contributed by atoms with Crippen LogP contribution in [-0.4, -0.2) is 0 Å². The molecule has 0 saturated heterocycles. The summed E-state index contributed by atoms with van der Waals surface area (Å²) in [4.78, 5) is 6.61. The molecule has 0 radical (unpaired) electrons. The van der Waals surface area contributed by atoms with Gasteiger partial charge in [0.1, 0.15) is 10.0 Å². The zero-order valence-corrected chi connectivity index (χ0v) is 32.0. The molecule has 0 unspecified atom stereocenters. The van der Waals surface area contributed by atoms with Gasteiger partial charge in [0.15, 0.2) is 0 Å². The fourth-order valence-corrected chi connectivity index (χ4v) is 9.57. The maximum atomic E-state index is 13.9. The Kier molecular flexibility index (Phi) is 9.30. The van der Waals surface area contributed by atoms with E-state index in [4.69, 9.17) is 0 Å². The molecule has 5 aromatic carbocycles. The van der Waals surface area contributed by atoms with Gasteiger partial charge in [0.05, 0.1) is 5.56 Å². The number of halogens is 3. The van der Waals surface area contributed by atoms with Gasteiger partial charge in [-0.25, -0.2) is 0 Å². The van der Waals surface area contributed by atoms with Crippen LogP contribution in [0, 0.1) is 27.7 Å². The van der Waals surface area contributed by atoms with Crippen molar-refractivity contribution in [3.63, 3.8) is 0 Å². The topological polar surface area (TPSA) is 6.48 Å². The van der Waals surface area contributed by atoms with E-state index in [-0.39, 0.29) is 5.41 Å². The third-order valence-corrected chi connectivity index (χ3v) is 12.8. The highest BCUT2D eigenvalue weighted by atomic mass is 32.1. The molecule has 0 fully saturated rings. The van der Waals surface area contributed by atoms with Crippen LogP contribution in [0.1, 0.15) is 54.2 Å². The predicted octanol–water partition coefficient (Wildman–Crippen LogP) is 15.1. The van der Waals surface area contributed by atoms with Crippen LogP contribution in [0.3, 0.4) is 0 Å². The third kappa shape index (κ3) is 6.64. The first kappa shape index (κ1) is 35.5. The predicted molar refractivity (Wildman–Crippen MR) is 217 cm³/mol. The van der Waals surface area contributed by atoms with Gasteiger partial charge in [-0.3, -0.25) is 0 Å². The summed E-state index contributed by atoms with van der Waals surface area (Å²) in [5.41, 5.74) is 8.62. The van der Waals surface area contributed by atoms with Crippen LogP contribution in [0.15, 0.2) is 121 Å². The molecule has 52 heavy (non-hydrogen) atoms. The Morgan fingerprint density at radius 3 is 1.48 bits per heavy atom. The van der Waals surface area contributed by atoms with Gasteiger partial charge in [-0.15, -0.1) is 22.7 Å². The van der Waals surface area contributed by atoms with Crippen molar-refractivity contribution in [1.82, 2.24) is 0 Å². The molecule has 0 aliphatic carbocycles. The normalized spacial score (nSPS) is 12.0. The van der Waals surface area contributed by atoms with Gasteiger partial charge in [-0.1, -0.05) is 87.5 Å². The van der Waals surface area contributed by atoms with Crippen molar-refractivity contribution in [1.29, 1.82) is 0 Å². The molecule has 0 amide bonds. The molecule has 2 heterocycles. The van der Waals surface area contributed by atoms with E-state index < -0.39 is 11.7 Å². The summed E-state index contributed by atoms with van der Waals surface area (Å²) in [7, 11) is 0. The van der Waals surface area contributed by atoms with Crippen molar-refractivity contribution in [3.05, 3.63) is 155 Å². The average molecular weight is 731 g/mol. The second kappa shape index (κ2) is 13.6. The van der Waals surface area contributed by atoms with Gasteiger partial charge >= 0.3 is 6.18 Å². The monoisotopic (exact) mass is 730 g/mol. The minimum absolute atomic E-state index is 0.0306. The number of alkyl halides is 3. The first-order chi connectivity index (χ1) is 24.7. The molecule has 264 valence electrons. The van der Waals surface area contributed by atoms with Crippen molar-refractivity contribution < 1.29 is 13.2 Å². The zero-order valence-electron chi connectivity index (χ0n) is 30.4. The number of rotatable bonds is 7. The Bertz CT molecular complexity index is 2380. The summed E-state index contributed by atoms with van der Waals surface area (Å²) in [6.45, 7) is 15.3. The van der Waals surface area contributed by atoms with Crippen LogP contribution < -0.4 is 9.80 Å². The summed E-state index contributed by atoms with van der Waals surface area (Å²) < 4.78 is 41.8. The van der Waals surface area contributed by atoms with E-state index in [1.54, 1.807) is 28.7 Å². The maximum Gasteiger partial charge on any atom is 0.416 e. The molecule has 0 aliphatic heterocycles. The molecule has 7 rings (SSSR count). The van der Waals surface area contributed by atoms with Crippen molar-refractivity contribution in [2.24, 2.45) is 0 Å². The van der Waals surface area contributed by atoms with Gasteiger partial charge in [0.2, 0.25) is 0 Å². The molecule has 0 aliphatic rings. The van der Waals surface area contributed by atoms with Gasteiger partial charge < -0.3 is 9.80 Å². The fraction of sp³-hybridized carbons (Fsp3) is 0.200. The first-order valence-electron chi connectivity index (χ1n) is 17.3. The SMILES string of the molecule is Cc1c(-c2sc(N(c3ccc(C(C)(C)C)cc3)c3ccc4ccccc4c3)c(C)c2C)sc(N(c2ccccc2)c2cccc(C(F)(F)F)c2)c1C. The van der Waals surface area contributed by atoms with Crippen LogP contribution in [0.5, 0.6) is 0 Å². The maximum absolute atomic E-state index is 13.9. The van der Waals surface area contributed by atoms with E-state index in [1.807, 2.05) is 35.2 Å². The molecule has 0 spiro atoms. The van der Waals surface area contributed by atoms with Crippen LogP contribution >= 0.6 is 22.7 Å². The minimum Gasteiger partial charge on any atom is -0.302 e. The molecule has 0 N–H and O–H groups in total. The van der Waals surface area contributed by atoms with Crippen molar-refractivity contribution >= 4 is 66.2 Å².